The number of aromatic nitrogens is 2. The topological polar surface area (TPSA) is 63.4 Å². The zero-order valence-electron chi connectivity index (χ0n) is 11.8. The quantitative estimate of drug-likeness (QED) is 0.936. The first-order valence-electron chi connectivity index (χ1n) is 6.88. The monoisotopic (exact) mass is 308 g/mol. The van der Waals surface area contributed by atoms with Gasteiger partial charge in [-0.05, 0) is 18.2 Å². The number of nitrogens with zero attached hydrogens (tertiary/aromatic N) is 3. The fourth-order valence-electron chi connectivity index (χ4n) is 2.32. The summed E-state index contributed by atoms with van der Waals surface area (Å²) >= 11 is 6.11. The molecule has 2 heterocycles. The summed E-state index contributed by atoms with van der Waals surface area (Å²) in [5.74, 6) is 1.19. The van der Waals surface area contributed by atoms with Crippen molar-refractivity contribution in [3.63, 3.8) is 0 Å². The van der Waals surface area contributed by atoms with Crippen molar-refractivity contribution in [2.24, 2.45) is 0 Å². The van der Waals surface area contributed by atoms with E-state index in [1.54, 1.807) is 6.92 Å². The largest absolute Gasteiger partial charge is 0.378 e. The molecule has 1 fully saturated rings. The van der Waals surface area contributed by atoms with Crippen LogP contribution in [0.25, 0.3) is 0 Å². The Morgan fingerprint density at radius 3 is 2.86 bits per heavy atom. The van der Waals surface area contributed by atoms with Crippen LogP contribution in [-0.4, -0.2) is 36.4 Å². The lowest BCUT2D eigenvalue weighted by molar-refractivity contribution is 0.123. The molecule has 0 atom stereocenters. The third kappa shape index (κ3) is 3.46. The molecule has 1 aromatic heterocycles. The van der Waals surface area contributed by atoms with Crippen molar-refractivity contribution in [1.29, 1.82) is 0 Å². The number of anilines is 2. The summed E-state index contributed by atoms with van der Waals surface area (Å²) < 4.78 is 10.4. The Balaban J connectivity index is 1.77. The van der Waals surface area contributed by atoms with Gasteiger partial charge in [0.25, 0.3) is 0 Å². The van der Waals surface area contributed by atoms with Crippen LogP contribution in [0.4, 0.5) is 11.4 Å². The van der Waals surface area contributed by atoms with E-state index in [4.69, 9.17) is 20.9 Å². The predicted molar refractivity (Wildman–Crippen MR) is 80.8 cm³/mol. The number of hydrogen-bond acceptors (Lipinski definition) is 6. The van der Waals surface area contributed by atoms with E-state index in [0.717, 1.165) is 37.7 Å². The first-order chi connectivity index (χ1) is 10.2. The summed E-state index contributed by atoms with van der Waals surface area (Å²) in [5, 5.41) is 7.90. The molecule has 2 aromatic rings. The minimum atomic E-state index is 0.495. The van der Waals surface area contributed by atoms with Crippen LogP contribution in [0.2, 0.25) is 5.02 Å². The number of aryl methyl sites for hydroxylation is 1. The molecule has 1 aromatic carbocycles. The smallest absolute Gasteiger partial charge is 0.223 e. The van der Waals surface area contributed by atoms with E-state index >= 15 is 0 Å². The minimum Gasteiger partial charge on any atom is -0.378 e. The number of rotatable bonds is 4. The van der Waals surface area contributed by atoms with Gasteiger partial charge in [-0.2, -0.15) is 4.98 Å². The van der Waals surface area contributed by atoms with Crippen molar-refractivity contribution in [2.75, 3.05) is 36.5 Å². The van der Waals surface area contributed by atoms with Crippen LogP contribution >= 0.6 is 11.6 Å². The van der Waals surface area contributed by atoms with Gasteiger partial charge in [-0.15, -0.1) is 0 Å². The van der Waals surface area contributed by atoms with E-state index in [-0.39, 0.29) is 0 Å². The maximum Gasteiger partial charge on any atom is 0.223 e. The molecule has 3 rings (SSSR count). The molecule has 0 aliphatic carbocycles. The summed E-state index contributed by atoms with van der Waals surface area (Å²) in [6, 6.07) is 5.84. The van der Waals surface area contributed by atoms with Gasteiger partial charge in [0, 0.05) is 25.0 Å². The van der Waals surface area contributed by atoms with Crippen LogP contribution in [-0.2, 0) is 11.3 Å². The molecule has 21 heavy (non-hydrogen) atoms. The van der Waals surface area contributed by atoms with Crippen molar-refractivity contribution in [1.82, 2.24) is 10.1 Å². The SMILES string of the molecule is Cc1nc(CNc2cc(Cl)ccc2N2CCOCC2)no1. The van der Waals surface area contributed by atoms with Gasteiger partial charge in [0.1, 0.15) is 0 Å². The number of benzene rings is 1. The Morgan fingerprint density at radius 1 is 1.33 bits per heavy atom. The molecule has 1 saturated heterocycles. The third-order valence-electron chi connectivity index (χ3n) is 3.32. The standard InChI is InChI=1S/C14H17ClN4O2/c1-10-17-14(18-21-10)9-16-12-8-11(15)2-3-13(12)19-4-6-20-7-5-19/h2-3,8,16H,4-7,9H2,1H3. The third-order valence-corrected chi connectivity index (χ3v) is 3.55. The maximum absolute atomic E-state index is 6.11. The van der Waals surface area contributed by atoms with Gasteiger partial charge in [0.15, 0.2) is 5.82 Å². The van der Waals surface area contributed by atoms with Crippen LogP contribution in [0.15, 0.2) is 22.7 Å². The summed E-state index contributed by atoms with van der Waals surface area (Å²) in [6.07, 6.45) is 0. The Morgan fingerprint density at radius 2 is 2.14 bits per heavy atom. The fourth-order valence-corrected chi connectivity index (χ4v) is 2.49. The van der Waals surface area contributed by atoms with Crippen molar-refractivity contribution < 1.29 is 9.26 Å². The molecule has 0 radical (unpaired) electrons. The van der Waals surface area contributed by atoms with Crippen LogP contribution in [0.3, 0.4) is 0 Å². The molecular weight excluding hydrogens is 292 g/mol. The highest BCUT2D eigenvalue weighted by Crippen LogP contribution is 2.30. The number of ether oxygens (including phenoxy) is 1. The molecule has 0 unspecified atom stereocenters. The highest BCUT2D eigenvalue weighted by Gasteiger charge is 2.15. The van der Waals surface area contributed by atoms with Gasteiger partial charge < -0.3 is 19.5 Å². The normalized spacial score (nSPS) is 15.2. The second kappa shape index (κ2) is 6.32. The lowest BCUT2D eigenvalue weighted by atomic mass is 10.2. The van der Waals surface area contributed by atoms with E-state index in [9.17, 15) is 0 Å². The van der Waals surface area contributed by atoms with Crippen molar-refractivity contribution in [3.05, 3.63) is 34.9 Å². The average Bonchev–Trinajstić information content (AvgIpc) is 2.92. The molecule has 0 amide bonds. The van der Waals surface area contributed by atoms with Crippen LogP contribution in [0.5, 0.6) is 0 Å². The molecule has 0 spiro atoms. The highest BCUT2D eigenvalue weighted by atomic mass is 35.5. The van der Waals surface area contributed by atoms with Crippen LogP contribution in [0.1, 0.15) is 11.7 Å². The zero-order valence-corrected chi connectivity index (χ0v) is 12.6. The summed E-state index contributed by atoms with van der Waals surface area (Å²) in [5.41, 5.74) is 2.08. The van der Waals surface area contributed by atoms with Crippen LogP contribution < -0.4 is 10.2 Å². The van der Waals surface area contributed by atoms with Gasteiger partial charge in [-0.25, -0.2) is 0 Å². The minimum absolute atomic E-state index is 0.495. The Bertz CT molecular complexity index is 611. The van der Waals surface area contributed by atoms with E-state index in [0.29, 0.717) is 23.3 Å². The molecule has 0 bridgehead atoms. The van der Waals surface area contributed by atoms with Crippen molar-refractivity contribution in [3.8, 4) is 0 Å². The Hall–Kier alpha value is -1.79. The van der Waals surface area contributed by atoms with Crippen molar-refractivity contribution in [2.45, 2.75) is 13.5 Å². The van der Waals surface area contributed by atoms with Crippen molar-refractivity contribution >= 4 is 23.0 Å². The molecule has 1 N–H and O–H groups in total. The second-order valence-electron chi connectivity index (χ2n) is 4.84. The average molecular weight is 309 g/mol. The number of halogens is 1. The van der Waals surface area contributed by atoms with E-state index in [1.165, 1.54) is 0 Å². The number of hydrogen-bond donors (Lipinski definition) is 1. The maximum atomic E-state index is 6.11. The molecule has 1 aliphatic rings. The summed E-state index contributed by atoms with van der Waals surface area (Å²) in [6.45, 7) is 5.50. The lowest BCUT2D eigenvalue weighted by Crippen LogP contribution is -2.36. The Labute approximate surface area is 128 Å². The molecular formula is C14H17ClN4O2. The van der Waals surface area contributed by atoms with Gasteiger partial charge in [-0.3, -0.25) is 0 Å². The summed E-state index contributed by atoms with van der Waals surface area (Å²) in [4.78, 5) is 6.46. The predicted octanol–water partition coefficient (Wildman–Crippen LogP) is 2.48. The molecule has 112 valence electrons. The van der Waals surface area contributed by atoms with Gasteiger partial charge >= 0.3 is 0 Å². The number of morpholine rings is 1. The van der Waals surface area contributed by atoms with E-state index in [1.807, 2.05) is 18.2 Å². The highest BCUT2D eigenvalue weighted by molar-refractivity contribution is 6.31. The van der Waals surface area contributed by atoms with Crippen LogP contribution in [0, 0.1) is 6.92 Å². The Kier molecular flexibility index (Phi) is 4.26. The van der Waals surface area contributed by atoms with Gasteiger partial charge in [0.05, 0.1) is 31.1 Å². The molecule has 7 heteroatoms. The van der Waals surface area contributed by atoms with Gasteiger partial charge in [-0.1, -0.05) is 16.8 Å². The lowest BCUT2D eigenvalue weighted by Gasteiger charge is -2.30. The fraction of sp³-hybridized carbons (Fsp3) is 0.429. The first kappa shape index (κ1) is 14.2. The zero-order chi connectivity index (χ0) is 14.7. The molecule has 0 saturated carbocycles. The van der Waals surface area contributed by atoms with E-state index < -0.39 is 0 Å². The second-order valence-corrected chi connectivity index (χ2v) is 5.28. The van der Waals surface area contributed by atoms with Gasteiger partial charge in [0.2, 0.25) is 5.89 Å². The molecule has 6 nitrogen and oxygen atoms in total. The number of nitrogens with one attached hydrogen (secondary N) is 1. The van der Waals surface area contributed by atoms with E-state index in [2.05, 4.69) is 20.4 Å². The summed E-state index contributed by atoms with van der Waals surface area (Å²) in [7, 11) is 0. The first-order valence-corrected chi connectivity index (χ1v) is 7.25. The molecule has 1 aliphatic heterocycles.